The van der Waals surface area contributed by atoms with Gasteiger partial charge in [-0.2, -0.15) is 5.10 Å². The second kappa shape index (κ2) is 8.20. The molecule has 2 unspecified atom stereocenters. The Morgan fingerprint density at radius 2 is 2.15 bits per heavy atom. The summed E-state index contributed by atoms with van der Waals surface area (Å²) in [6, 6.07) is 1.87. The van der Waals surface area contributed by atoms with Crippen molar-refractivity contribution in [2.75, 3.05) is 26.2 Å². The number of aromatic nitrogens is 2. The predicted molar refractivity (Wildman–Crippen MR) is 100.0 cm³/mol. The van der Waals surface area contributed by atoms with Crippen LogP contribution in [-0.2, 0) is 11.8 Å². The highest BCUT2D eigenvalue weighted by molar-refractivity contribution is 5.92. The molecule has 0 spiro atoms. The summed E-state index contributed by atoms with van der Waals surface area (Å²) in [4.78, 5) is 27.0. The second-order valence-corrected chi connectivity index (χ2v) is 7.89. The number of rotatable bonds is 5. The molecule has 0 aliphatic carbocycles. The number of aryl methyl sites for hydroxylation is 1. The second-order valence-electron chi connectivity index (χ2n) is 7.89. The summed E-state index contributed by atoms with van der Waals surface area (Å²) in [6.45, 7) is 7.19. The molecule has 0 bridgehead atoms. The fraction of sp³-hybridized carbons (Fsp3) is 0.737. The molecule has 2 aliphatic rings. The van der Waals surface area contributed by atoms with E-state index in [4.69, 9.17) is 0 Å². The minimum Gasteiger partial charge on any atom is -0.354 e. The van der Waals surface area contributed by atoms with Gasteiger partial charge in [-0.25, -0.2) is 0 Å². The molecule has 2 aliphatic heterocycles. The molecule has 2 N–H and O–H groups in total. The molecular formula is C19H31N5O2. The number of carbonyl (C=O) groups excluding carboxylic acids is 2. The van der Waals surface area contributed by atoms with Crippen LogP contribution in [0.25, 0.3) is 0 Å². The summed E-state index contributed by atoms with van der Waals surface area (Å²) in [6.07, 6.45) is 4.00. The highest BCUT2D eigenvalue weighted by Gasteiger charge is 2.28. The number of carbonyl (C=O) groups is 2. The normalized spacial score (nSPS) is 23.5. The molecule has 26 heavy (non-hydrogen) atoms. The molecule has 3 rings (SSSR count). The highest BCUT2D eigenvalue weighted by Crippen LogP contribution is 2.20. The third-order valence-corrected chi connectivity index (χ3v) is 5.46. The SMILES string of the molecule is CC(C)c1cc(C(=O)N2CCCC(CNC(=O)C3CCCN3)C2)n(C)n1. The van der Waals surface area contributed by atoms with E-state index in [9.17, 15) is 9.59 Å². The van der Waals surface area contributed by atoms with Gasteiger partial charge in [0.2, 0.25) is 5.91 Å². The Hall–Kier alpha value is -1.89. The molecule has 2 amide bonds. The molecule has 1 aromatic heterocycles. The number of nitrogens with one attached hydrogen (secondary N) is 2. The third kappa shape index (κ3) is 4.26. The van der Waals surface area contributed by atoms with Crippen LogP contribution in [0.2, 0.25) is 0 Å². The fourth-order valence-electron chi connectivity index (χ4n) is 3.83. The molecule has 3 heterocycles. The lowest BCUT2D eigenvalue weighted by atomic mass is 9.97. The van der Waals surface area contributed by atoms with Gasteiger partial charge < -0.3 is 15.5 Å². The molecule has 144 valence electrons. The number of likely N-dealkylation sites (tertiary alicyclic amines) is 1. The van der Waals surface area contributed by atoms with Gasteiger partial charge in [0.1, 0.15) is 5.69 Å². The third-order valence-electron chi connectivity index (χ3n) is 5.46. The molecular weight excluding hydrogens is 330 g/mol. The van der Waals surface area contributed by atoms with Crippen LogP contribution in [0.5, 0.6) is 0 Å². The number of hydrogen-bond acceptors (Lipinski definition) is 4. The summed E-state index contributed by atoms with van der Waals surface area (Å²) < 4.78 is 1.69. The minimum absolute atomic E-state index is 0.0415. The highest BCUT2D eigenvalue weighted by atomic mass is 16.2. The van der Waals surface area contributed by atoms with Gasteiger partial charge in [0.25, 0.3) is 5.91 Å². The van der Waals surface area contributed by atoms with Gasteiger partial charge >= 0.3 is 0 Å². The van der Waals surface area contributed by atoms with Gasteiger partial charge in [-0.3, -0.25) is 14.3 Å². The van der Waals surface area contributed by atoms with E-state index in [1.165, 1.54) is 0 Å². The zero-order chi connectivity index (χ0) is 18.7. The number of amides is 2. The Bertz CT molecular complexity index is 648. The van der Waals surface area contributed by atoms with E-state index >= 15 is 0 Å². The predicted octanol–water partition coefficient (Wildman–Crippen LogP) is 1.26. The summed E-state index contributed by atoms with van der Waals surface area (Å²) in [5.74, 6) is 0.756. The van der Waals surface area contributed by atoms with Crippen LogP contribution >= 0.6 is 0 Å². The Morgan fingerprint density at radius 3 is 2.81 bits per heavy atom. The standard InChI is InChI=1S/C19H31N5O2/c1-13(2)16-10-17(23(3)22-16)19(26)24-9-5-6-14(12-24)11-21-18(25)15-7-4-8-20-15/h10,13-15,20H,4-9,11-12H2,1-3H3,(H,21,25). The topological polar surface area (TPSA) is 79.3 Å². The molecule has 0 radical (unpaired) electrons. The molecule has 2 atom stereocenters. The Kier molecular flexibility index (Phi) is 5.96. The first kappa shape index (κ1) is 18.9. The Labute approximate surface area is 155 Å². The molecule has 1 aromatic rings. The van der Waals surface area contributed by atoms with Crippen LogP contribution in [0.4, 0.5) is 0 Å². The van der Waals surface area contributed by atoms with Crippen LogP contribution in [0.1, 0.15) is 61.6 Å². The van der Waals surface area contributed by atoms with Crippen molar-refractivity contribution in [2.24, 2.45) is 13.0 Å². The lowest BCUT2D eigenvalue weighted by molar-refractivity contribution is -0.123. The summed E-state index contributed by atoms with van der Waals surface area (Å²) in [5.41, 5.74) is 1.59. The van der Waals surface area contributed by atoms with Crippen LogP contribution in [0.3, 0.4) is 0 Å². The fourth-order valence-corrected chi connectivity index (χ4v) is 3.83. The lowest BCUT2D eigenvalue weighted by Gasteiger charge is -2.33. The van der Waals surface area contributed by atoms with Crippen LogP contribution in [0.15, 0.2) is 6.07 Å². The van der Waals surface area contributed by atoms with E-state index in [-0.39, 0.29) is 17.9 Å². The van der Waals surface area contributed by atoms with E-state index in [1.807, 2.05) is 18.0 Å². The van der Waals surface area contributed by atoms with Gasteiger partial charge in [-0.1, -0.05) is 13.8 Å². The smallest absolute Gasteiger partial charge is 0.272 e. The first-order valence-corrected chi connectivity index (χ1v) is 9.80. The summed E-state index contributed by atoms with van der Waals surface area (Å²) in [5, 5.41) is 10.7. The first-order chi connectivity index (χ1) is 12.5. The van der Waals surface area contributed by atoms with Crippen LogP contribution in [0, 0.1) is 5.92 Å². The molecule has 2 saturated heterocycles. The maximum atomic E-state index is 12.9. The van der Waals surface area contributed by atoms with Gasteiger partial charge in [-0.05, 0) is 50.1 Å². The molecule has 7 heteroatoms. The molecule has 0 saturated carbocycles. The Balaban J connectivity index is 1.55. The molecule has 0 aromatic carbocycles. The zero-order valence-corrected chi connectivity index (χ0v) is 16.1. The average Bonchev–Trinajstić information content (AvgIpc) is 3.29. The van der Waals surface area contributed by atoms with Crippen molar-refractivity contribution in [3.05, 3.63) is 17.5 Å². The van der Waals surface area contributed by atoms with Crippen LogP contribution in [-0.4, -0.2) is 58.7 Å². The van der Waals surface area contributed by atoms with Crippen molar-refractivity contribution >= 4 is 11.8 Å². The van der Waals surface area contributed by atoms with E-state index in [0.29, 0.717) is 30.6 Å². The van der Waals surface area contributed by atoms with Gasteiger partial charge in [0, 0.05) is 26.7 Å². The van der Waals surface area contributed by atoms with Gasteiger partial charge in [-0.15, -0.1) is 0 Å². The molecule has 7 nitrogen and oxygen atoms in total. The van der Waals surface area contributed by atoms with Crippen LogP contribution < -0.4 is 10.6 Å². The summed E-state index contributed by atoms with van der Waals surface area (Å²) >= 11 is 0. The average molecular weight is 361 g/mol. The maximum Gasteiger partial charge on any atom is 0.272 e. The number of piperidine rings is 1. The summed E-state index contributed by atoms with van der Waals surface area (Å²) in [7, 11) is 1.83. The largest absolute Gasteiger partial charge is 0.354 e. The number of nitrogens with zero attached hydrogens (tertiary/aromatic N) is 3. The zero-order valence-electron chi connectivity index (χ0n) is 16.1. The minimum atomic E-state index is -0.0415. The van der Waals surface area contributed by atoms with Crippen molar-refractivity contribution in [1.82, 2.24) is 25.3 Å². The first-order valence-electron chi connectivity index (χ1n) is 9.80. The van der Waals surface area contributed by atoms with Crippen molar-refractivity contribution < 1.29 is 9.59 Å². The van der Waals surface area contributed by atoms with Crippen molar-refractivity contribution in [2.45, 2.75) is 51.5 Å². The van der Waals surface area contributed by atoms with E-state index in [0.717, 1.165) is 44.5 Å². The quantitative estimate of drug-likeness (QED) is 0.828. The Morgan fingerprint density at radius 1 is 1.35 bits per heavy atom. The van der Waals surface area contributed by atoms with E-state index in [2.05, 4.69) is 29.6 Å². The van der Waals surface area contributed by atoms with Gasteiger partial charge in [0.15, 0.2) is 0 Å². The molecule has 2 fully saturated rings. The van der Waals surface area contributed by atoms with Crippen molar-refractivity contribution in [1.29, 1.82) is 0 Å². The van der Waals surface area contributed by atoms with Gasteiger partial charge in [0.05, 0.1) is 11.7 Å². The maximum absolute atomic E-state index is 12.9. The van der Waals surface area contributed by atoms with Crippen molar-refractivity contribution in [3.8, 4) is 0 Å². The van der Waals surface area contributed by atoms with E-state index in [1.54, 1.807) is 4.68 Å². The lowest BCUT2D eigenvalue weighted by Crippen LogP contribution is -2.47. The monoisotopic (exact) mass is 361 g/mol. The number of hydrogen-bond donors (Lipinski definition) is 2. The van der Waals surface area contributed by atoms with E-state index < -0.39 is 0 Å². The van der Waals surface area contributed by atoms with Crippen molar-refractivity contribution in [3.63, 3.8) is 0 Å².